The highest BCUT2D eigenvalue weighted by atomic mass is 16.2. The summed E-state index contributed by atoms with van der Waals surface area (Å²) in [6, 6.07) is 10.1. The van der Waals surface area contributed by atoms with Crippen LogP contribution in [0.1, 0.15) is 24.8 Å². The zero-order valence-electron chi connectivity index (χ0n) is 9.15. The zero-order valence-corrected chi connectivity index (χ0v) is 9.15. The molecule has 2 rings (SSSR count). The van der Waals surface area contributed by atoms with Crippen molar-refractivity contribution >= 4 is 11.6 Å². The summed E-state index contributed by atoms with van der Waals surface area (Å²) in [7, 11) is 0. The van der Waals surface area contributed by atoms with E-state index in [-0.39, 0.29) is 5.91 Å². The minimum Gasteiger partial charge on any atom is -0.311 e. The summed E-state index contributed by atoms with van der Waals surface area (Å²) in [5, 5.41) is 8.61. The fraction of sp³-hybridized carbons (Fsp3) is 0.385. The van der Waals surface area contributed by atoms with Gasteiger partial charge in [0.15, 0.2) is 0 Å². The van der Waals surface area contributed by atoms with Crippen LogP contribution in [0, 0.1) is 11.3 Å². The van der Waals surface area contributed by atoms with Crippen LogP contribution in [0.2, 0.25) is 0 Å². The lowest BCUT2D eigenvalue weighted by Crippen LogP contribution is -2.30. The van der Waals surface area contributed by atoms with E-state index < -0.39 is 0 Å². The molecular weight excluding hydrogens is 200 g/mol. The fourth-order valence-corrected chi connectivity index (χ4v) is 2.09. The van der Waals surface area contributed by atoms with Gasteiger partial charge in [0.25, 0.3) is 0 Å². The summed E-state index contributed by atoms with van der Waals surface area (Å²) in [5.41, 5.74) is 2.20. The molecule has 1 aliphatic rings. The minimum absolute atomic E-state index is 0.139. The maximum absolute atomic E-state index is 11.9. The SMILES string of the molecule is N#CCCN1C(=O)CCCc2ccccc21. The van der Waals surface area contributed by atoms with Crippen molar-refractivity contribution in [2.45, 2.75) is 25.7 Å². The van der Waals surface area contributed by atoms with Crippen LogP contribution >= 0.6 is 0 Å². The lowest BCUT2D eigenvalue weighted by Gasteiger charge is -2.21. The summed E-state index contributed by atoms with van der Waals surface area (Å²) >= 11 is 0. The quantitative estimate of drug-likeness (QED) is 0.758. The molecule has 0 saturated heterocycles. The molecule has 0 atom stereocenters. The summed E-state index contributed by atoms with van der Waals surface area (Å²) in [4.78, 5) is 13.7. The van der Waals surface area contributed by atoms with Crippen LogP contribution in [-0.4, -0.2) is 12.5 Å². The molecule has 1 aromatic rings. The molecule has 0 saturated carbocycles. The summed E-state index contributed by atoms with van der Waals surface area (Å²) in [5.74, 6) is 0.139. The predicted molar refractivity (Wildman–Crippen MR) is 62.0 cm³/mol. The van der Waals surface area contributed by atoms with Crippen molar-refractivity contribution in [3.8, 4) is 6.07 Å². The molecule has 0 N–H and O–H groups in total. The third-order valence-electron chi connectivity index (χ3n) is 2.87. The Balaban J connectivity index is 2.33. The minimum atomic E-state index is 0.139. The Hall–Kier alpha value is -1.82. The number of fused-ring (bicyclic) bond motifs is 1. The monoisotopic (exact) mass is 214 g/mol. The number of hydrogen-bond acceptors (Lipinski definition) is 2. The van der Waals surface area contributed by atoms with E-state index in [1.807, 2.05) is 18.2 Å². The zero-order chi connectivity index (χ0) is 11.4. The second-order valence-electron chi connectivity index (χ2n) is 3.94. The molecule has 16 heavy (non-hydrogen) atoms. The van der Waals surface area contributed by atoms with Crippen molar-refractivity contribution in [1.82, 2.24) is 0 Å². The number of hydrogen-bond donors (Lipinski definition) is 0. The van der Waals surface area contributed by atoms with Gasteiger partial charge in [-0.2, -0.15) is 5.26 Å². The Morgan fingerprint density at radius 3 is 2.94 bits per heavy atom. The molecule has 0 fully saturated rings. The number of aryl methyl sites for hydroxylation is 1. The molecule has 1 aliphatic heterocycles. The van der Waals surface area contributed by atoms with Gasteiger partial charge in [0.1, 0.15) is 0 Å². The van der Waals surface area contributed by atoms with E-state index in [1.165, 1.54) is 5.56 Å². The van der Waals surface area contributed by atoms with Gasteiger partial charge in [-0.15, -0.1) is 0 Å². The molecule has 1 aromatic carbocycles. The number of carbonyl (C=O) groups is 1. The first-order valence-corrected chi connectivity index (χ1v) is 5.58. The molecule has 0 aliphatic carbocycles. The number of amides is 1. The normalized spacial score (nSPS) is 15.2. The van der Waals surface area contributed by atoms with Crippen LogP contribution in [0.15, 0.2) is 24.3 Å². The van der Waals surface area contributed by atoms with Crippen LogP contribution in [0.5, 0.6) is 0 Å². The van der Waals surface area contributed by atoms with Crippen LogP contribution in [-0.2, 0) is 11.2 Å². The standard InChI is InChI=1S/C13H14N2O/c14-9-4-10-15-12-7-2-1-5-11(12)6-3-8-13(15)16/h1-2,5,7H,3-4,6,8,10H2. The number of anilines is 1. The van der Waals surface area contributed by atoms with Crippen molar-refractivity contribution in [3.63, 3.8) is 0 Å². The van der Waals surface area contributed by atoms with Crippen LogP contribution in [0.3, 0.4) is 0 Å². The largest absolute Gasteiger partial charge is 0.311 e. The molecule has 0 bridgehead atoms. The van der Waals surface area contributed by atoms with E-state index in [9.17, 15) is 4.79 Å². The van der Waals surface area contributed by atoms with Crippen molar-refractivity contribution in [2.75, 3.05) is 11.4 Å². The Labute approximate surface area is 95.3 Å². The van der Waals surface area contributed by atoms with Crippen molar-refractivity contribution in [2.24, 2.45) is 0 Å². The predicted octanol–water partition coefficient (Wildman–Crippen LogP) is 2.27. The lowest BCUT2D eigenvalue weighted by molar-refractivity contribution is -0.118. The maximum atomic E-state index is 11.9. The number of benzene rings is 1. The van der Waals surface area contributed by atoms with Gasteiger partial charge in [-0.1, -0.05) is 18.2 Å². The average molecular weight is 214 g/mol. The van der Waals surface area contributed by atoms with Gasteiger partial charge in [-0.25, -0.2) is 0 Å². The number of nitrogens with zero attached hydrogens (tertiary/aromatic N) is 2. The molecule has 82 valence electrons. The summed E-state index contributed by atoms with van der Waals surface area (Å²) < 4.78 is 0. The number of nitriles is 1. The van der Waals surface area contributed by atoms with Gasteiger partial charge in [-0.05, 0) is 24.5 Å². The molecule has 3 nitrogen and oxygen atoms in total. The van der Waals surface area contributed by atoms with Gasteiger partial charge in [-0.3, -0.25) is 4.79 Å². The van der Waals surface area contributed by atoms with E-state index in [0.29, 0.717) is 19.4 Å². The molecule has 0 spiro atoms. The second-order valence-corrected chi connectivity index (χ2v) is 3.94. The van der Waals surface area contributed by atoms with Gasteiger partial charge in [0, 0.05) is 18.7 Å². The van der Waals surface area contributed by atoms with E-state index in [0.717, 1.165) is 18.5 Å². The summed E-state index contributed by atoms with van der Waals surface area (Å²) in [6.45, 7) is 0.506. The lowest BCUT2D eigenvalue weighted by atomic mass is 10.1. The molecule has 0 aromatic heterocycles. The van der Waals surface area contributed by atoms with Gasteiger partial charge in [0.05, 0.1) is 12.5 Å². The number of para-hydroxylation sites is 1. The van der Waals surface area contributed by atoms with E-state index >= 15 is 0 Å². The average Bonchev–Trinajstić information content (AvgIpc) is 2.46. The van der Waals surface area contributed by atoms with Gasteiger partial charge >= 0.3 is 0 Å². The summed E-state index contributed by atoms with van der Waals surface area (Å²) in [6.07, 6.45) is 2.82. The van der Waals surface area contributed by atoms with Crippen molar-refractivity contribution < 1.29 is 4.79 Å². The Kier molecular flexibility index (Phi) is 3.21. The number of carbonyl (C=O) groups excluding carboxylic acids is 1. The van der Waals surface area contributed by atoms with E-state index in [4.69, 9.17) is 5.26 Å². The first-order chi connectivity index (χ1) is 7.83. The third kappa shape index (κ3) is 2.06. The smallest absolute Gasteiger partial charge is 0.227 e. The van der Waals surface area contributed by atoms with Crippen LogP contribution in [0.25, 0.3) is 0 Å². The van der Waals surface area contributed by atoms with E-state index in [2.05, 4.69) is 12.1 Å². The van der Waals surface area contributed by atoms with Gasteiger partial charge in [0.2, 0.25) is 5.91 Å². The highest BCUT2D eigenvalue weighted by Gasteiger charge is 2.20. The molecule has 0 radical (unpaired) electrons. The topological polar surface area (TPSA) is 44.1 Å². The highest BCUT2D eigenvalue weighted by molar-refractivity contribution is 5.94. The first-order valence-electron chi connectivity index (χ1n) is 5.58. The Bertz CT molecular complexity index is 434. The van der Waals surface area contributed by atoms with Gasteiger partial charge < -0.3 is 4.90 Å². The molecular formula is C13H14N2O. The fourth-order valence-electron chi connectivity index (χ4n) is 2.09. The molecule has 0 unspecified atom stereocenters. The molecule has 3 heteroatoms. The third-order valence-corrected chi connectivity index (χ3v) is 2.87. The first kappa shape index (κ1) is 10.7. The Morgan fingerprint density at radius 2 is 2.12 bits per heavy atom. The molecule has 1 heterocycles. The second kappa shape index (κ2) is 4.80. The number of rotatable bonds is 2. The van der Waals surface area contributed by atoms with Crippen LogP contribution < -0.4 is 4.90 Å². The maximum Gasteiger partial charge on any atom is 0.227 e. The molecule has 1 amide bonds. The Morgan fingerprint density at radius 1 is 1.31 bits per heavy atom. The van der Waals surface area contributed by atoms with E-state index in [1.54, 1.807) is 4.90 Å². The highest BCUT2D eigenvalue weighted by Crippen LogP contribution is 2.26. The van der Waals surface area contributed by atoms with Crippen LogP contribution in [0.4, 0.5) is 5.69 Å². The van der Waals surface area contributed by atoms with Crippen molar-refractivity contribution in [1.29, 1.82) is 5.26 Å². The van der Waals surface area contributed by atoms with Crippen molar-refractivity contribution in [3.05, 3.63) is 29.8 Å².